The molecule has 0 amide bonds. The number of aromatic nitrogens is 1. The van der Waals surface area contributed by atoms with Crippen LogP contribution in [0, 0.1) is 0 Å². The van der Waals surface area contributed by atoms with E-state index in [0.717, 1.165) is 29.9 Å². The average Bonchev–Trinajstić information content (AvgIpc) is 3.07. The fraction of sp³-hybridized carbons (Fsp3) is 0.190. The van der Waals surface area contributed by atoms with Gasteiger partial charge in [-0.1, -0.05) is 0 Å². The van der Waals surface area contributed by atoms with Crippen LogP contribution in [0.3, 0.4) is 0 Å². The van der Waals surface area contributed by atoms with Crippen molar-refractivity contribution >= 4 is 29.5 Å². The van der Waals surface area contributed by atoms with Gasteiger partial charge in [0.05, 0.1) is 0 Å². The van der Waals surface area contributed by atoms with Crippen LogP contribution in [-0.4, -0.2) is 20.1 Å². The summed E-state index contributed by atoms with van der Waals surface area (Å²) in [5.74, 6) is 1.01. The van der Waals surface area contributed by atoms with Gasteiger partial charge in [0.25, 0.3) is 0 Å². The summed E-state index contributed by atoms with van der Waals surface area (Å²) in [6.45, 7) is 0. The minimum atomic E-state index is 0.181. The topological polar surface area (TPSA) is 26.0 Å². The van der Waals surface area contributed by atoms with Gasteiger partial charge in [0.1, 0.15) is 0 Å². The van der Waals surface area contributed by atoms with Gasteiger partial charge in [-0.05, 0) is 0 Å². The molecule has 120 valence electrons. The Bertz CT molecular complexity index is 837. The van der Waals surface area contributed by atoms with Crippen LogP contribution in [0.15, 0.2) is 71.3 Å². The van der Waals surface area contributed by atoms with Crippen molar-refractivity contribution in [1.29, 1.82) is 0 Å². The Balaban J connectivity index is 1.80. The third-order valence-corrected chi connectivity index (χ3v) is 6.53. The van der Waals surface area contributed by atoms with Gasteiger partial charge in [0, 0.05) is 0 Å². The monoisotopic (exact) mass is 381 g/mol. The van der Waals surface area contributed by atoms with Gasteiger partial charge >= 0.3 is 149 Å². The molecule has 1 heterocycles. The summed E-state index contributed by atoms with van der Waals surface area (Å²) in [6, 6.07) is 21.0. The summed E-state index contributed by atoms with van der Waals surface area (Å²) >= 11 is 0.181. The van der Waals surface area contributed by atoms with Crippen LogP contribution in [0.25, 0.3) is 16.8 Å². The first-order valence-corrected chi connectivity index (χ1v) is 10.1. The van der Waals surface area contributed by atoms with Gasteiger partial charge in [0.15, 0.2) is 0 Å². The Morgan fingerprint density at radius 2 is 1.62 bits per heavy atom. The molecule has 1 aliphatic rings. The number of benzene rings is 2. The van der Waals surface area contributed by atoms with Gasteiger partial charge in [0.2, 0.25) is 0 Å². The Morgan fingerprint density at radius 1 is 0.875 bits per heavy atom. The van der Waals surface area contributed by atoms with Crippen LogP contribution in [0.5, 0.6) is 0 Å². The number of nitrogens with zero attached hydrogens (tertiary/aromatic N) is 1. The Hall–Kier alpha value is -2.09. The number of allylic oxidation sites excluding steroid dienone is 2. The molecule has 0 unspecified atom stereocenters. The molecule has 0 radical (unpaired) electrons. The van der Waals surface area contributed by atoms with Crippen molar-refractivity contribution in [3.8, 4) is 11.3 Å². The molecule has 0 fully saturated rings. The summed E-state index contributed by atoms with van der Waals surface area (Å²) in [4.78, 5) is 0. The first-order chi connectivity index (χ1) is 11.9. The van der Waals surface area contributed by atoms with E-state index in [1.807, 2.05) is 6.07 Å². The molecule has 0 saturated carbocycles. The Kier molecular flexibility index (Phi) is 4.64. The van der Waals surface area contributed by atoms with E-state index in [4.69, 9.17) is 4.52 Å². The summed E-state index contributed by atoms with van der Waals surface area (Å²) in [7, 11) is 0. The van der Waals surface area contributed by atoms with Crippen molar-refractivity contribution in [1.82, 2.24) is 5.16 Å². The number of hydrogen-bond donors (Lipinski definition) is 0. The van der Waals surface area contributed by atoms with Gasteiger partial charge in [-0.25, -0.2) is 0 Å². The quantitative estimate of drug-likeness (QED) is 0.641. The van der Waals surface area contributed by atoms with Crippen LogP contribution in [-0.2, 0) is 0 Å². The van der Waals surface area contributed by atoms with Crippen molar-refractivity contribution in [2.45, 2.75) is 25.7 Å². The van der Waals surface area contributed by atoms with Crippen molar-refractivity contribution in [3.63, 3.8) is 0 Å². The zero-order valence-corrected chi connectivity index (χ0v) is 15.2. The third kappa shape index (κ3) is 3.24. The van der Waals surface area contributed by atoms with Gasteiger partial charge in [-0.3, -0.25) is 0 Å². The van der Waals surface area contributed by atoms with Crippen molar-refractivity contribution in [3.05, 3.63) is 72.5 Å². The normalized spacial score (nSPS) is 14.4. The van der Waals surface area contributed by atoms with Crippen LogP contribution in [0.4, 0.5) is 0 Å². The molecule has 1 aromatic heterocycles. The molecule has 4 rings (SSSR count). The first-order valence-electron chi connectivity index (χ1n) is 8.39. The van der Waals surface area contributed by atoms with Crippen LogP contribution in [0.2, 0.25) is 0 Å². The molecule has 1 aliphatic carbocycles. The van der Waals surface area contributed by atoms with Crippen LogP contribution in [0.1, 0.15) is 31.4 Å². The standard InChI is InChI=1S/C21H19NOSe/c1-4-10-16(11-5-1)19-21(24-18-14-8-3-9-15-18)20(23-22-19)17-12-6-2-7-13-17/h1,3-5,8-12,14-15H,2,6-7,13H2. The predicted octanol–water partition coefficient (Wildman–Crippen LogP) is 3.95. The maximum absolute atomic E-state index is 5.86. The summed E-state index contributed by atoms with van der Waals surface area (Å²) < 4.78 is 8.48. The third-order valence-electron chi connectivity index (χ3n) is 4.24. The molecule has 0 N–H and O–H groups in total. The van der Waals surface area contributed by atoms with Crippen molar-refractivity contribution in [2.24, 2.45) is 0 Å². The fourth-order valence-corrected chi connectivity index (χ4v) is 5.20. The Morgan fingerprint density at radius 3 is 2.33 bits per heavy atom. The van der Waals surface area contributed by atoms with E-state index in [0.29, 0.717) is 0 Å². The summed E-state index contributed by atoms with van der Waals surface area (Å²) in [5, 5.41) is 4.46. The average molecular weight is 380 g/mol. The molecular weight excluding hydrogens is 361 g/mol. The van der Waals surface area contributed by atoms with E-state index in [1.54, 1.807) is 0 Å². The summed E-state index contributed by atoms with van der Waals surface area (Å²) in [6.07, 6.45) is 7.10. The molecule has 0 spiro atoms. The molecule has 0 saturated heterocycles. The zero-order valence-electron chi connectivity index (χ0n) is 13.4. The number of rotatable bonds is 4. The molecule has 2 nitrogen and oxygen atoms in total. The molecule has 3 heteroatoms. The van der Waals surface area contributed by atoms with E-state index in [-0.39, 0.29) is 15.0 Å². The van der Waals surface area contributed by atoms with E-state index in [1.165, 1.54) is 27.3 Å². The van der Waals surface area contributed by atoms with Gasteiger partial charge < -0.3 is 0 Å². The minimum absolute atomic E-state index is 0.181. The second-order valence-corrected chi connectivity index (χ2v) is 8.22. The molecule has 2 aromatic carbocycles. The molecular formula is C21H19NOSe. The van der Waals surface area contributed by atoms with Crippen molar-refractivity contribution < 1.29 is 4.52 Å². The van der Waals surface area contributed by atoms with E-state index in [9.17, 15) is 0 Å². The predicted molar refractivity (Wildman–Crippen MR) is 99.8 cm³/mol. The Labute approximate surface area is 148 Å². The first kappa shape index (κ1) is 15.4. The molecule has 24 heavy (non-hydrogen) atoms. The zero-order chi connectivity index (χ0) is 16.2. The van der Waals surface area contributed by atoms with Crippen molar-refractivity contribution in [2.75, 3.05) is 0 Å². The van der Waals surface area contributed by atoms with E-state index < -0.39 is 0 Å². The molecule has 3 aromatic rings. The fourth-order valence-electron chi connectivity index (χ4n) is 3.01. The molecule has 0 atom stereocenters. The van der Waals surface area contributed by atoms with Gasteiger partial charge in [-0.2, -0.15) is 0 Å². The van der Waals surface area contributed by atoms with E-state index in [2.05, 4.69) is 65.8 Å². The van der Waals surface area contributed by atoms with Crippen LogP contribution < -0.4 is 8.92 Å². The second-order valence-electron chi connectivity index (χ2n) is 5.95. The number of hydrogen-bond acceptors (Lipinski definition) is 2. The summed E-state index contributed by atoms with van der Waals surface area (Å²) in [5.41, 5.74) is 3.47. The molecule has 0 bridgehead atoms. The van der Waals surface area contributed by atoms with E-state index >= 15 is 0 Å². The van der Waals surface area contributed by atoms with Gasteiger partial charge in [-0.15, -0.1) is 0 Å². The second kappa shape index (κ2) is 7.21. The SMILES string of the molecule is C1=C(c2onc(-c3ccccc3)c2[Se]c2ccccc2)CCCC1. The maximum atomic E-state index is 5.86. The molecule has 0 aliphatic heterocycles. The van der Waals surface area contributed by atoms with Crippen LogP contribution >= 0.6 is 0 Å².